The van der Waals surface area contributed by atoms with Crippen molar-refractivity contribution in [1.82, 2.24) is 19.7 Å². The highest BCUT2D eigenvalue weighted by atomic mass is 35.5. The number of aliphatic hydroxyl groups excluding tert-OH is 1. The molecule has 1 atom stereocenters. The van der Waals surface area contributed by atoms with E-state index in [-0.39, 0.29) is 0 Å². The van der Waals surface area contributed by atoms with Crippen LogP contribution in [0.4, 0.5) is 0 Å². The molecule has 2 rings (SSSR count). The minimum Gasteiger partial charge on any atom is -0.385 e. The Labute approximate surface area is 104 Å². The number of aliphatic hydroxyl groups is 1. The molecule has 2 N–H and O–H groups in total. The van der Waals surface area contributed by atoms with Crippen molar-refractivity contribution in [3.8, 4) is 0 Å². The van der Waals surface area contributed by atoms with Gasteiger partial charge in [-0.25, -0.2) is 4.98 Å². The average molecular weight is 255 g/mol. The molecule has 0 aliphatic rings. The van der Waals surface area contributed by atoms with E-state index in [2.05, 4.69) is 15.1 Å². The van der Waals surface area contributed by atoms with Crippen LogP contribution in [0.25, 0.3) is 0 Å². The van der Waals surface area contributed by atoms with Crippen LogP contribution in [-0.4, -0.2) is 24.9 Å². The van der Waals surface area contributed by atoms with Gasteiger partial charge in [-0.3, -0.25) is 4.68 Å². The highest BCUT2D eigenvalue weighted by Crippen LogP contribution is 2.25. The summed E-state index contributed by atoms with van der Waals surface area (Å²) in [6.45, 7) is 2.00. The fourth-order valence-electron chi connectivity index (χ4n) is 1.78. The van der Waals surface area contributed by atoms with Gasteiger partial charge >= 0.3 is 0 Å². The molecule has 2 aromatic heterocycles. The molecule has 1 unspecified atom stereocenters. The Hall–Kier alpha value is -1.33. The van der Waals surface area contributed by atoms with Gasteiger partial charge in [0, 0.05) is 25.9 Å². The number of aryl methyl sites for hydroxylation is 2. The van der Waals surface area contributed by atoms with Gasteiger partial charge in [-0.05, 0) is 6.42 Å². The second-order valence-corrected chi connectivity index (χ2v) is 4.26. The summed E-state index contributed by atoms with van der Waals surface area (Å²) in [4.78, 5) is 6.90. The average Bonchev–Trinajstić information content (AvgIpc) is 2.92. The third kappa shape index (κ3) is 2.35. The fourth-order valence-corrected chi connectivity index (χ4v) is 2.15. The lowest BCUT2D eigenvalue weighted by Gasteiger charge is -2.08. The molecular weight excluding hydrogens is 240 g/mol. The fraction of sp³-hybridized carbons (Fsp3) is 0.455. The summed E-state index contributed by atoms with van der Waals surface area (Å²) in [5.74, 6) is 0.542. The van der Waals surface area contributed by atoms with E-state index in [1.165, 1.54) is 0 Å². The maximum atomic E-state index is 10.0. The molecule has 0 aromatic carbocycles. The quantitative estimate of drug-likeness (QED) is 0.872. The first-order valence-electron chi connectivity index (χ1n) is 5.51. The molecule has 0 saturated carbocycles. The Morgan fingerprint density at radius 3 is 2.88 bits per heavy atom. The minimum atomic E-state index is -0.692. The number of aromatic amines is 1. The molecule has 0 aliphatic heterocycles. The van der Waals surface area contributed by atoms with Gasteiger partial charge in [-0.2, -0.15) is 5.10 Å². The second-order valence-electron chi connectivity index (χ2n) is 3.88. The smallest absolute Gasteiger partial charge is 0.135 e. The lowest BCUT2D eigenvalue weighted by Crippen LogP contribution is -2.08. The van der Waals surface area contributed by atoms with Gasteiger partial charge in [-0.1, -0.05) is 18.5 Å². The molecule has 6 heteroatoms. The number of rotatable bonds is 4. The van der Waals surface area contributed by atoms with Crippen LogP contribution in [0, 0.1) is 0 Å². The van der Waals surface area contributed by atoms with Gasteiger partial charge in [0.1, 0.15) is 11.9 Å². The highest BCUT2D eigenvalue weighted by molar-refractivity contribution is 6.31. The van der Waals surface area contributed by atoms with Crippen molar-refractivity contribution in [2.45, 2.75) is 25.9 Å². The van der Waals surface area contributed by atoms with Crippen LogP contribution < -0.4 is 0 Å². The molecule has 0 amide bonds. The molecule has 0 spiro atoms. The molecule has 5 nitrogen and oxygen atoms in total. The number of imidazole rings is 1. The van der Waals surface area contributed by atoms with Crippen LogP contribution in [0.15, 0.2) is 12.4 Å². The summed E-state index contributed by atoms with van der Waals surface area (Å²) in [6.07, 6.45) is 3.78. The summed E-state index contributed by atoms with van der Waals surface area (Å²) in [7, 11) is 1.83. The van der Waals surface area contributed by atoms with Gasteiger partial charge in [0.15, 0.2) is 0 Å². The van der Waals surface area contributed by atoms with Crippen molar-refractivity contribution in [3.63, 3.8) is 0 Å². The van der Waals surface area contributed by atoms with Crippen molar-refractivity contribution < 1.29 is 5.11 Å². The maximum Gasteiger partial charge on any atom is 0.135 e. The Bertz CT molecular complexity index is 492. The van der Waals surface area contributed by atoms with Crippen LogP contribution in [0.5, 0.6) is 0 Å². The van der Waals surface area contributed by atoms with E-state index >= 15 is 0 Å². The Balaban J connectivity index is 2.21. The van der Waals surface area contributed by atoms with E-state index in [4.69, 9.17) is 11.6 Å². The summed E-state index contributed by atoms with van der Waals surface area (Å²) >= 11 is 6.21. The Morgan fingerprint density at radius 2 is 2.35 bits per heavy atom. The number of aromatic nitrogens is 4. The zero-order valence-electron chi connectivity index (χ0n) is 9.81. The summed E-state index contributed by atoms with van der Waals surface area (Å²) < 4.78 is 1.72. The number of hydrogen-bond acceptors (Lipinski definition) is 3. The van der Waals surface area contributed by atoms with Gasteiger partial charge < -0.3 is 10.1 Å². The highest BCUT2D eigenvalue weighted by Gasteiger charge is 2.18. The lowest BCUT2D eigenvalue weighted by molar-refractivity contribution is 0.167. The van der Waals surface area contributed by atoms with Crippen molar-refractivity contribution in [3.05, 3.63) is 34.6 Å². The molecule has 0 saturated heterocycles. The Morgan fingerprint density at radius 1 is 1.59 bits per heavy atom. The molecule has 0 radical (unpaired) electrons. The monoisotopic (exact) mass is 254 g/mol. The number of hydrogen-bond donors (Lipinski definition) is 2. The standard InChI is InChI=1S/C11H15ClN4O/c1-3-7-10(12)8(16(2)15-7)6-9(17)11-13-4-5-14-11/h4-5,9,17H,3,6H2,1-2H3,(H,13,14). The molecule has 92 valence electrons. The van der Waals surface area contributed by atoms with Crippen LogP contribution in [0.1, 0.15) is 30.2 Å². The first kappa shape index (κ1) is 12.1. The largest absolute Gasteiger partial charge is 0.385 e. The van der Waals surface area contributed by atoms with Crippen molar-refractivity contribution in [2.75, 3.05) is 0 Å². The van der Waals surface area contributed by atoms with Gasteiger partial charge in [-0.15, -0.1) is 0 Å². The first-order valence-corrected chi connectivity index (χ1v) is 5.88. The normalized spacial score (nSPS) is 12.9. The molecule has 0 aliphatic carbocycles. The number of halogens is 1. The van der Waals surface area contributed by atoms with Crippen LogP contribution >= 0.6 is 11.6 Å². The molecule has 2 aromatic rings. The molecule has 2 heterocycles. The number of nitrogens with one attached hydrogen (secondary N) is 1. The van der Waals surface area contributed by atoms with Crippen molar-refractivity contribution in [1.29, 1.82) is 0 Å². The lowest BCUT2D eigenvalue weighted by atomic mass is 10.1. The third-order valence-electron chi connectivity index (χ3n) is 2.72. The van der Waals surface area contributed by atoms with Gasteiger partial charge in [0.2, 0.25) is 0 Å². The maximum absolute atomic E-state index is 10.0. The van der Waals surface area contributed by atoms with E-state index in [1.54, 1.807) is 17.1 Å². The molecule has 17 heavy (non-hydrogen) atoms. The van der Waals surface area contributed by atoms with Gasteiger partial charge in [0.05, 0.1) is 16.4 Å². The van der Waals surface area contributed by atoms with Crippen LogP contribution in [-0.2, 0) is 19.9 Å². The summed E-state index contributed by atoms with van der Waals surface area (Å²) in [5.41, 5.74) is 1.68. The number of H-pyrrole nitrogens is 1. The second kappa shape index (κ2) is 4.89. The first-order chi connectivity index (χ1) is 8.13. The molecule has 0 fully saturated rings. The van der Waals surface area contributed by atoms with E-state index in [0.29, 0.717) is 17.3 Å². The van der Waals surface area contributed by atoms with Crippen LogP contribution in [0.2, 0.25) is 5.02 Å². The SMILES string of the molecule is CCc1nn(C)c(CC(O)c2ncc[nH]2)c1Cl. The predicted molar refractivity (Wildman–Crippen MR) is 64.8 cm³/mol. The number of nitrogens with zero attached hydrogens (tertiary/aromatic N) is 3. The molecular formula is C11H15ClN4O. The van der Waals surface area contributed by atoms with E-state index < -0.39 is 6.10 Å². The predicted octanol–water partition coefficient (Wildman–Crippen LogP) is 1.64. The van der Waals surface area contributed by atoms with E-state index in [9.17, 15) is 5.11 Å². The van der Waals surface area contributed by atoms with Gasteiger partial charge in [0.25, 0.3) is 0 Å². The zero-order chi connectivity index (χ0) is 12.4. The topological polar surface area (TPSA) is 66.7 Å². The van der Waals surface area contributed by atoms with Crippen molar-refractivity contribution >= 4 is 11.6 Å². The Kier molecular flexibility index (Phi) is 3.49. The zero-order valence-corrected chi connectivity index (χ0v) is 10.6. The van der Waals surface area contributed by atoms with Crippen molar-refractivity contribution in [2.24, 2.45) is 7.05 Å². The minimum absolute atomic E-state index is 0.399. The summed E-state index contributed by atoms with van der Waals surface area (Å²) in [6, 6.07) is 0. The van der Waals surface area contributed by atoms with Crippen LogP contribution in [0.3, 0.4) is 0 Å². The molecule has 0 bridgehead atoms. The van der Waals surface area contributed by atoms with E-state index in [1.807, 2.05) is 14.0 Å². The van der Waals surface area contributed by atoms with E-state index in [0.717, 1.165) is 17.8 Å². The third-order valence-corrected chi connectivity index (χ3v) is 3.16. The summed E-state index contributed by atoms with van der Waals surface area (Å²) in [5, 5.41) is 14.9.